The highest BCUT2D eigenvalue weighted by molar-refractivity contribution is 5.97. The van der Waals surface area contributed by atoms with Crippen LogP contribution in [0.25, 0.3) is 0 Å². The Labute approximate surface area is 95.5 Å². The first kappa shape index (κ1) is 9.82. The van der Waals surface area contributed by atoms with E-state index in [2.05, 4.69) is 11.9 Å². The molecule has 0 radical (unpaired) electrons. The van der Waals surface area contributed by atoms with E-state index in [0.29, 0.717) is 11.8 Å². The molecular formula is C13H16N2O. The van der Waals surface area contributed by atoms with Crippen LogP contribution in [-0.4, -0.2) is 17.4 Å². The van der Waals surface area contributed by atoms with Crippen LogP contribution in [0.2, 0.25) is 0 Å². The first-order valence-corrected chi connectivity index (χ1v) is 6.02. The summed E-state index contributed by atoms with van der Waals surface area (Å²) >= 11 is 0. The summed E-state index contributed by atoms with van der Waals surface area (Å²) < 4.78 is 0. The second-order valence-electron chi connectivity index (χ2n) is 4.88. The summed E-state index contributed by atoms with van der Waals surface area (Å²) in [7, 11) is 0. The SMILES string of the molecule is CC1CC1C(=O)N1CCCc2ncccc21. The summed E-state index contributed by atoms with van der Waals surface area (Å²) in [6.07, 6.45) is 4.91. The molecule has 1 aliphatic carbocycles. The van der Waals surface area contributed by atoms with Gasteiger partial charge >= 0.3 is 0 Å². The number of nitrogens with zero attached hydrogens (tertiary/aromatic N) is 2. The molecule has 1 aliphatic heterocycles. The van der Waals surface area contributed by atoms with Crippen molar-refractivity contribution in [1.82, 2.24) is 4.98 Å². The summed E-state index contributed by atoms with van der Waals surface area (Å²) in [6.45, 7) is 3.01. The molecule has 2 unspecified atom stereocenters. The highest BCUT2D eigenvalue weighted by Gasteiger charge is 2.42. The van der Waals surface area contributed by atoms with E-state index in [1.54, 1.807) is 0 Å². The lowest BCUT2D eigenvalue weighted by Crippen LogP contribution is -2.37. The topological polar surface area (TPSA) is 33.2 Å². The van der Waals surface area contributed by atoms with E-state index in [0.717, 1.165) is 37.2 Å². The molecule has 1 fully saturated rings. The van der Waals surface area contributed by atoms with Crippen LogP contribution in [0.3, 0.4) is 0 Å². The molecule has 1 aromatic heterocycles. The van der Waals surface area contributed by atoms with Crippen molar-refractivity contribution in [3.63, 3.8) is 0 Å². The van der Waals surface area contributed by atoms with Crippen molar-refractivity contribution < 1.29 is 4.79 Å². The number of carbonyl (C=O) groups excluding carboxylic acids is 1. The molecular weight excluding hydrogens is 200 g/mol. The van der Waals surface area contributed by atoms with Crippen LogP contribution in [0.1, 0.15) is 25.5 Å². The minimum Gasteiger partial charge on any atom is -0.310 e. The van der Waals surface area contributed by atoms with Crippen LogP contribution < -0.4 is 4.90 Å². The molecule has 1 amide bonds. The van der Waals surface area contributed by atoms with Crippen LogP contribution in [0, 0.1) is 11.8 Å². The predicted octanol–water partition coefficient (Wildman–Crippen LogP) is 2.02. The summed E-state index contributed by atoms with van der Waals surface area (Å²) in [4.78, 5) is 18.5. The molecule has 2 atom stereocenters. The fraction of sp³-hybridized carbons (Fsp3) is 0.538. The zero-order valence-electron chi connectivity index (χ0n) is 9.52. The quantitative estimate of drug-likeness (QED) is 0.719. The molecule has 0 saturated heterocycles. The van der Waals surface area contributed by atoms with Crippen molar-refractivity contribution in [2.75, 3.05) is 11.4 Å². The Morgan fingerprint density at radius 1 is 1.56 bits per heavy atom. The molecule has 0 bridgehead atoms. The Kier molecular flexibility index (Phi) is 2.20. The van der Waals surface area contributed by atoms with E-state index in [-0.39, 0.29) is 5.92 Å². The molecule has 0 N–H and O–H groups in total. The zero-order valence-corrected chi connectivity index (χ0v) is 9.52. The van der Waals surface area contributed by atoms with Crippen LogP contribution in [-0.2, 0) is 11.2 Å². The molecule has 2 aliphatic rings. The van der Waals surface area contributed by atoms with E-state index in [1.165, 1.54) is 0 Å². The fourth-order valence-electron chi connectivity index (χ4n) is 2.49. The van der Waals surface area contributed by atoms with Gasteiger partial charge in [-0.05, 0) is 37.3 Å². The Morgan fingerprint density at radius 3 is 3.12 bits per heavy atom. The molecule has 1 aromatic rings. The summed E-state index contributed by atoms with van der Waals surface area (Å²) in [6, 6.07) is 3.94. The van der Waals surface area contributed by atoms with Gasteiger partial charge in [-0.25, -0.2) is 0 Å². The molecule has 2 heterocycles. The monoisotopic (exact) mass is 216 g/mol. The van der Waals surface area contributed by atoms with Gasteiger partial charge in [-0.2, -0.15) is 0 Å². The largest absolute Gasteiger partial charge is 0.310 e. The Balaban J connectivity index is 1.90. The average Bonchev–Trinajstić information content (AvgIpc) is 3.05. The van der Waals surface area contributed by atoms with Crippen LogP contribution in [0.4, 0.5) is 5.69 Å². The van der Waals surface area contributed by atoms with Gasteiger partial charge in [0.05, 0.1) is 11.4 Å². The van der Waals surface area contributed by atoms with Gasteiger partial charge in [0.15, 0.2) is 0 Å². The lowest BCUT2D eigenvalue weighted by molar-refractivity contribution is -0.120. The normalized spacial score (nSPS) is 27.4. The molecule has 3 heteroatoms. The number of aryl methyl sites for hydroxylation is 1. The maximum atomic E-state index is 12.2. The third-order valence-corrected chi connectivity index (χ3v) is 3.65. The van der Waals surface area contributed by atoms with E-state index >= 15 is 0 Å². The number of anilines is 1. The molecule has 1 saturated carbocycles. The van der Waals surface area contributed by atoms with Gasteiger partial charge in [-0.3, -0.25) is 9.78 Å². The van der Waals surface area contributed by atoms with E-state index in [4.69, 9.17) is 0 Å². The number of amides is 1. The number of pyridine rings is 1. The van der Waals surface area contributed by atoms with Crippen molar-refractivity contribution in [2.45, 2.75) is 26.2 Å². The minimum absolute atomic E-state index is 0.270. The van der Waals surface area contributed by atoms with Gasteiger partial charge in [0.2, 0.25) is 5.91 Å². The number of fused-ring (bicyclic) bond motifs is 1. The van der Waals surface area contributed by atoms with Gasteiger partial charge in [0.1, 0.15) is 0 Å². The Morgan fingerprint density at radius 2 is 2.38 bits per heavy atom. The number of aromatic nitrogens is 1. The van der Waals surface area contributed by atoms with Gasteiger partial charge in [0, 0.05) is 18.7 Å². The van der Waals surface area contributed by atoms with Crippen molar-refractivity contribution in [3.05, 3.63) is 24.0 Å². The summed E-state index contributed by atoms with van der Waals surface area (Å²) in [5, 5.41) is 0. The predicted molar refractivity (Wildman–Crippen MR) is 62.2 cm³/mol. The Bertz CT molecular complexity index is 430. The molecule has 3 nitrogen and oxygen atoms in total. The smallest absolute Gasteiger partial charge is 0.230 e. The molecule has 16 heavy (non-hydrogen) atoms. The number of hydrogen-bond donors (Lipinski definition) is 0. The third kappa shape index (κ3) is 1.51. The van der Waals surface area contributed by atoms with Crippen molar-refractivity contribution in [3.8, 4) is 0 Å². The van der Waals surface area contributed by atoms with Crippen molar-refractivity contribution in [1.29, 1.82) is 0 Å². The van der Waals surface area contributed by atoms with E-state index in [1.807, 2.05) is 23.2 Å². The van der Waals surface area contributed by atoms with Gasteiger partial charge in [-0.15, -0.1) is 0 Å². The molecule has 0 spiro atoms. The van der Waals surface area contributed by atoms with Crippen molar-refractivity contribution in [2.24, 2.45) is 11.8 Å². The van der Waals surface area contributed by atoms with Gasteiger partial charge in [0.25, 0.3) is 0 Å². The second kappa shape index (κ2) is 3.58. The van der Waals surface area contributed by atoms with Crippen molar-refractivity contribution >= 4 is 11.6 Å². The van der Waals surface area contributed by atoms with E-state index in [9.17, 15) is 4.79 Å². The Hall–Kier alpha value is -1.38. The maximum Gasteiger partial charge on any atom is 0.230 e. The van der Waals surface area contributed by atoms with E-state index < -0.39 is 0 Å². The van der Waals surface area contributed by atoms with Gasteiger partial charge in [-0.1, -0.05) is 6.92 Å². The number of carbonyl (C=O) groups is 1. The molecule has 3 rings (SSSR count). The molecule has 84 valence electrons. The summed E-state index contributed by atoms with van der Waals surface area (Å²) in [5.41, 5.74) is 2.12. The first-order chi connectivity index (χ1) is 7.77. The third-order valence-electron chi connectivity index (χ3n) is 3.65. The first-order valence-electron chi connectivity index (χ1n) is 6.02. The number of rotatable bonds is 1. The fourth-order valence-corrected chi connectivity index (χ4v) is 2.49. The maximum absolute atomic E-state index is 12.2. The van der Waals surface area contributed by atoms with Gasteiger partial charge < -0.3 is 4.90 Å². The second-order valence-corrected chi connectivity index (χ2v) is 4.88. The lowest BCUT2D eigenvalue weighted by atomic mass is 10.1. The highest BCUT2D eigenvalue weighted by Crippen LogP contribution is 2.41. The van der Waals surface area contributed by atoms with Crippen LogP contribution >= 0.6 is 0 Å². The van der Waals surface area contributed by atoms with Crippen LogP contribution in [0.15, 0.2) is 18.3 Å². The lowest BCUT2D eigenvalue weighted by Gasteiger charge is -2.28. The standard InChI is InChI=1S/C13H16N2O/c1-9-8-10(9)13(16)15-7-3-4-11-12(15)5-2-6-14-11/h2,5-6,9-10H,3-4,7-8H2,1H3. The number of hydrogen-bond acceptors (Lipinski definition) is 2. The van der Waals surface area contributed by atoms with Crippen LogP contribution in [0.5, 0.6) is 0 Å². The highest BCUT2D eigenvalue weighted by atomic mass is 16.2. The summed E-state index contributed by atoms with van der Waals surface area (Å²) in [5.74, 6) is 1.15. The average molecular weight is 216 g/mol. The molecule has 0 aromatic carbocycles. The minimum atomic E-state index is 0.270. The zero-order chi connectivity index (χ0) is 11.1.